The van der Waals surface area contributed by atoms with Crippen molar-refractivity contribution in [3.8, 4) is 0 Å². The molecular formula is C8H12. The Labute approximate surface area is 50.6 Å². The van der Waals surface area contributed by atoms with E-state index in [-0.39, 0.29) is 0 Å². The molecule has 0 saturated heterocycles. The Balaban J connectivity index is 2.15. The van der Waals surface area contributed by atoms with Crippen molar-refractivity contribution in [2.75, 3.05) is 0 Å². The van der Waals surface area contributed by atoms with Gasteiger partial charge in [-0.3, -0.25) is 0 Å². The molecule has 0 aromatic rings. The minimum atomic E-state index is 0.736. The second kappa shape index (κ2) is 1.18. The van der Waals surface area contributed by atoms with Crippen molar-refractivity contribution in [2.45, 2.75) is 26.2 Å². The van der Waals surface area contributed by atoms with Crippen molar-refractivity contribution in [1.82, 2.24) is 0 Å². The second-order valence-corrected chi connectivity index (χ2v) is 3.40. The Morgan fingerprint density at radius 2 is 2.25 bits per heavy atom. The van der Waals surface area contributed by atoms with Gasteiger partial charge in [-0.15, -0.1) is 0 Å². The molecular weight excluding hydrogens is 96.1 g/mol. The van der Waals surface area contributed by atoms with E-state index in [0.29, 0.717) is 0 Å². The van der Waals surface area contributed by atoms with Crippen LogP contribution in [-0.4, -0.2) is 0 Å². The normalized spacial score (nSPS) is 38.9. The molecule has 0 aromatic heterocycles. The number of allylic oxidation sites excluding steroid dienone is 2. The molecule has 1 saturated carbocycles. The average molecular weight is 108 g/mol. The molecule has 0 aliphatic heterocycles. The van der Waals surface area contributed by atoms with Crippen LogP contribution in [0.3, 0.4) is 0 Å². The standard InChI is InChI=1S/C8H12/c1-7-2-3-8(6-7)4-5-8/h2-3,7H,4-6H2,1H3. The summed E-state index contributed by atoms with van der Waals surface area (Å²) >= 11 is 0. The molecule has 0 heteroatoms. The minimum absolute atomic E-state index is 0.736. The van der Waals surface area contributed by atoms with Crippen LogP contribution in [0, 0.1) is 11.3 Å². The van der Waals surface area contributed by atoms with Crippen molar-refractivity contribution in [3.63, 3.8) is 0 Å². The SMILES string of the molecule is CC1C=CC2(CC2)C1. The second-order valence-electron chi connectivity index (χ2n) is 3.40. The van der Waals surface area contributed by atoms with E-state index in [0.717, 1.165) is 11.3 Å². The number of hydrogen-bond acceptors (Lipinski definition) is 0. The van der Waals surface area contributed by atoms with E-state index in [9.17, 15) is 0 Å². The number of rotatable bonds is 0. The van der Waals surface area contributed by atoms with E-state index in [1.54, 1.807) is 0 Å². The van der Waals surface area contributed by atoms with Gasteiger partial charge in [0, 0.05) is 0 Å². The van der Waals surface area contributed by atoms with Crippen molar-refractivity contribution in [3.05, 3.63) is 12.2 Å². The lowest BCUT2D eigenvalue weighted by atomic mass is 10.0. The van der Waals surface area contributed by atoms with E-state index in [1.165, 1.54) is 19.3 Å². The van der Waals surface area contributed by atoms with Crippen LogP contribution in [0.4, 0.5) is 0 Å². The smallest absolute Gasteiger partial charge is 0.0112 e. The van der Waals surface area contributed by atoms with E-state index in [4.69, 9.17) is 0 Å². The van der Waals surface area contributed by atoms with Crippen LogP contribution in [0.5, 0.6) is 0 Å². The third-order valence-corrected chi connectivity index (χ3v) is 2.40. The highest BCUT2D eigenvalue weighted by atomic mass is 14.5. The Morgan fingerprint density at radius 3 is 2.50 bits per heavy atom. The molecule has 1 unspecified atom stereocenters. The Morgan fingerprint density at radius 1 is 1.50 bits per heavy atom. The monoisotopic (exact) mass is 108 g/mol. The van der Waals surface area contributed by atoms with E-state index in [1.807, 2.05) is 0 Å². The van der Waals surface area contributed by atoms with E-state index in [2.05, 4.69) is 19.1 Å². The minimum Gasteiger partial charge on any atom is -0.0851 e. The van der Waals surface area contributed by atoms with Crippen molar-refractivity contribution >= 4 is 0 Å². The van der Waals surface area contributed by atoms with Gasteiger partial charge < -0.3 is 0 Å². The molecule has 44 valence electrons. The predicted octanol–water partition coefficient (Wildman–Crippen LogP) is 2.36. The molecule has 0 radical (unpaired) electrons. The summed E-state index contributed by atoms with van der Waals surface area (Å²) in [6.07, 6.45) is 9.17. The summed E-state index contributed by atoms with van der Waals surface area (Å²) in [5.74, 6) is 0.873. The molecule has 0 bridgehead atoms. The summed E-state index contributed by atoms with van der Waals surface area (Å²) in [5, 5.41) is 0. The van der Waals surface area contributed by atoms with Crippen LogP contribution in [0.15, 0.2) is 12.2 Å². The van der Waals surface area contributed by atoms with Gasteiger partial charge in [0.05, 0.1) is 0 Å². The van der Waals surface area contributed by atoms with E-state index < -0.39 is 0 Å². The van der Waals surface area contributed by atoms with Gasteiger partial charge in [0.15, 0.2) is 0 Å². The maximum Gasteiger partial charge on any atom is -0.0112 e. The molecule has 1 fully saturated rings. The van der Waals surface area contributed by atoms with Crippen molar-refractivity contribution in [1.29, 1.82) is 0 Å². The Kier molecular flexibility index (Phi) is 0.677. The molecule has 0 heterocycles. The fourth-order valence-electron chi connectivity index (χ4n) is 1.68. The molecule has 2 rings (SSSR count). The molecule has 0 aromatic carbocycles. The molecule has 2 aliphatic rings. The summed E-state index contributed by atoms with van der Waals surface area (Å²) in [6, 6.07) is 0. The zero-order valence-electron chi connectivity index (χ0n) is 5.35. The first-order valence-electron chi connectivity index (χ1n) is 3.50. The molecule has 1 spiro atoms. The summed E-state index contributed by atoms with van der Waals surface area (Å²) < 4.78 is 0. The van der Waals surface area contributed by atoms with E-state index >= 15 is 0 Å². The summed E-state index contributed by atoms with van der Waals surface area (Å²) in [4.78, 5) is 0. The van der Waals surface area contributed by atoms with Crippen LogP contribution in [0.1, 0.15) is 26.2 Å². The molecule has 0 nitrogen and oxygen atoms in total. The van der Waals surface area contributed by atoms with Gasteiger partial charge in [0.2, 0.25) is 0 Å². The topological polar surface area (TPSA) is 0 Å². The Bertz CT molecular complexity index is 129. The zero-order valence-corrected chi connectivity index (χ0v) is 5.35. The lowest BCUT2D eigenvalue weighted by Gasteiger charge is -2.01. The molecule has 8 heavy (non-hydrogen) atoms. The van der Waals surface area contributed by atoms with Gasteiger partial charge in [-0.25, -0.2) is 0 Å². The third kappa shape index (κ3) is 0.521. The average Bonchev–Trinajstić information content (AvgIpc) is 2.34. The molecule has 1 atom stereocenters. The van der Waals surface area contributed by atoms with Crippen LogP contribution in [0.2, 0.25) is 0 Å². The highest BCUT2D eigenvalue weighted by molar-refractivity contribution is 5.16. The van der Waals surface area contributed by atoms with Gasteiger partial charge in [-0.05, 0) is 30.6 Å². The van der Waals surface area contributed by atoms with Crippen LogP contribution in [-0.2, 0) is 0 Å². The maximum absolute atomic E-state index is 2.43. The van der Waals surface area contributed by atoms with Crippen LogP contribution < -0.4 is 0 Å². The predicted molar refractivity (Wildman–Crippen MR) is 34.6 cm³/mol. The third-order valence-electron chi connectivity index (χ3n) is 2.40. The zero-order chi connectivity index (χ0) is 5.61. The van der Waals surface area contributed by atoms with Gasteiger partial charge in [-0.1, -0.05) is 19.1 Å². The first-order chi connectivity index (χ1) is 3.81. The van der Waals surface area contributed by atoms with Gasteiger partial charge in [0.1, 0.15) is 0 Å². The quantitative estimate of drug-likeness (QED) is 0.418. The molecule has 0 N–H and O–H groups in total. The van der Waals surface area contributed by atoms with Crippen molar-refractivity contribution in [2.24, 2.45) is 11.3 Å². The van der Waals surface area contributed by atoms with Crippen molar-refractivity contribution < 1.29 is 0 Å². The van der Waals surface area contributed by atoms with Crippen LogP contribution >= 0.6 is 0 Å². The summed E-state index contributed by atoms with van der Waals surface area (Å²) in [7, 11) is 0. The highest BCUT2D eigenvalue weighted by Gasteiger charge is 2.43. The highest BCUT2D eigenvalue weighted by Crippen LogP contribution is 2.55. The molecule has 0 amide bonds. The van der Waals surface area contributed by atoms with Gasteiger partial charge in [-0.2, -0.15) is 0 Å². The first-order valence-corrected chi connectivity index (χ1v) is 3.50. The lowest BCUT2D eigenvalue weighted by Crippen LogP contribution is -1.91. The van der Waals surface area contributed by atoms with Gasteiger partial charge in [0.25, 0.3) is 0 Å². The molecule has 2 aliphatic carbocycles. The largest absolute Gasteiger partial charge is 0.0851 e. The Hall–Kier alpha value is -0.260. The fraction of sp³-hybridized carbons (Fsp3) is 0.750. The maximum atomic E-state index is 2.43. The lowest BCUT2D eigenvalue weighted by molar-refractivity contribution is 0.542. The summed E-state index contributed by atoms with van der Waals surface area (Å²) in [6.45, 7) is 2.31. The van der Waals surface area contributed by atoms with Gasteiger partial charge >= 0.3 is 0 Å². The fourth-order valence-corrected chi connectivity index (χ4v) is 1.68. The number of hydrogen-bond donors (Lipinski definition) is 0. The van der Waals surface area contributed by atoms with Crippen LogP contribution in [0.25, 0.3) is 0 Å². The first kappa shape index (κ1) is 4.60. The summed E-state index contributed by atoms with van der Waals surface area (Å²) in [5.41, 5.74) is 0.736.